The summed E-state index contributed by atoms with van der Waals surface area (Å²) in [5.41, 5.74) is 6.46. The number of nitrogens with two attached hydrogens (primary N) is 1. The molecule has 4 heteroatoms. The molecule has 0 saturated carbocycles. The minimum atomic E-state index is 0.426. The number of benzene rings is 1. The largest absolute Gasteiger partial charge is 0.492 e. The van der Waals surface area contributed by atoms with E-state index in [1.807, 2.05) is 24.3 Å². The zero-order valence-electron chi connectivity index (χ0n) is 12.2. The number of nitrogens with zero attached hydrogens (tertiary/aromatic N) is 1. The molecule has 0 radical (unpaired) electrons. The quantitative estimate of drug-likeness (QED) is 0.847. The summed E-state index contributed by atoms with van der Waals surface area (Å²) < 4.78 is 5.81. The van der Waals surface area contributed by atoms with Crippen molar-refractivity contribution in [3.05, 3.63) is 29.8 Å². The van der Waals surface area contributed by atoms with Crippen LogP contribution in [0.2, 0.25) is 0 Å². The van der Waals surface area contributed by atoms with Crippen molar-refractivity contribution in [3.63, 3.8) is 0 Å². The number of hydrogen-bond donors (Lipinski definition) is 1. The van der Waals surface area contributed by atoms with Gasteiger partial charge in [0.25, 0.3) is 0 Å². The van der Waals surface area contributed by atoms with Crippen molar-refractivity contribution in [2.45, 2.75) is 38.6 Å². The number of rotatable bonds is 5. The van der Waals surface area contributed by atoms with E-state index in [0.717, 1.165) is 24.5 Å². The molecule has 2 rings (SSSR count). The molecular formula is C16H24N2OS. The molecule has 0 amide bonds. The summed E-state index contributed by atoms with van der Waals surface area (Å²) >= 11 is 4.93. The van der Waals surface area contributed by atoms with Gasteiger partial charge in [-0.15, -0.1) is 0 Å². The first-order chi connectivity index (χ1) is 9.66. The first-order valence-corrected chi connectivity index (χ1v) is 7.84. The Balaban J connectivity index is 1.78. The summed E-state index contributed by atoms with van der Waals surface area (Å²) in [6, 6.07) is 8.36. The highest BCUT2D eigenvalue weighted by Gasteiger charge is 2.16. The van der Waals surface area contributed by atoms with E-state index in [1.54, 1.807) is 0 Å². The molecular weight excluding hydrogens is 268 g/mol. The molecule has 1 unspecified atom stereocenters. The van der Waals surface area contributed by atoms with Gasteiger partial charge in [0.2, 0.25) is 0 Å². The third kappa shape index (κ3) is 4.46. The number of likely N-dealkylation sites (tertiary alicyclic amines) is 1. The van der Waals surface area contributed by atoms with E-state index in [0.29, 0.717) is 11.0 Å². The summed E-state index contributed by atoms with van der Waals surface area (Å²) in [5.74, 6) is 0.882. The Bertz CT molecular complexity index is 433. The smallest absolute Gasteiger partial charge is 0.119 e. The van der Waals surface area contributed by atoms with Gasteiger partial charge >= 0.3 is 0 Å². The maximum atomic E-state index is 5.81. The van der Waals surface area contributed by atoms with Crippen molar-refractivity contribution < 1.29 is 4.74 Å². The summed E-state index contributed by atoms with van der Waals surface area (Å²) in [7, 11) is 0. The molecule has 1 aromatic carbocycles. The Kier molecular flexibility index (Phi) is 5.80. The molecule has 0 bridgehead atoms. The van der Waals surface area contributed by atoms with E-state index >= 15 is 0 Å². The van der Waals surface area contributed by atoms with Crippen molar-refractivity contribution in [3.8, 4) is 5.75 Å². The Morgan fingerprint density at radius 1 is 1.30 bits per heavy atom. The first-order valence-electron chi connectivity index (χ1n) is 7.43. The molecule has 1 saturated heterocycles. The zero-order valence-corrected chi connectivity index (χ0v) is 13.0. The van der Waals surface area contributed by atoms with Crippen molar-refractivity contribution in [2.75, 3.05) is 19.7 Å². The van der Waals surface area contributed by atoms with E-state index in [-0.39, 0.29) is 0 Å². The van der Waals surface area contributed by atoms with Crippen LogP contribution in [0.5, 0.6) is 5.75 Å². The normalized spacial score (nSPS) is 20.4. The molecule has 1 heterocycles. The van der Waals surface area contributed by atoms with Crippen LogP contribution in [0.15, 0.2) is 24.3 Å². The second-order valence-electron chi connectivity index (χ2n) is 5.47. The van der Waals surface area contributed by atoms with Crippen LogP contribution in [0.3, 0.4) is 0 Å². The topological polar surface area (TPSA) is 38.5 Å². The third-order valence-corrected chi connectivity index (χ3v) is 4.21. The molecule has 3 nitrogen and oxygen atoms in total. The minimum Gasteiger partial charge on any atom is -0.492 e. The lowest BCUT2D eigenvalue weighted by Crippen LogP contribution is -2.35. The maximum Gasteiger partial charge on any atom is 0.119 e. The molecule has 0 aromatic heterocycles. The van der Waals surface area contributed by atoms with E-state index in [9.17, 15) is 0 Å². The predicted molar refractivity (Wildman–Crippen MR) is 87.3 cm³/mol. The Morgan fingerprint density at radius 2 is 2.05 bits per heavy atom. The fourth-order valence-corrected chi connectivity index (χ4v) is 2.80. The van der Waals surface area contributed by atoms with Crippen molar-refractivity contribution >= 4 is 17.2 Å². The second kappa shape index (κ2) is 7.60. The fraction of sp³-hybridized carbons (Fsp3) is 0.562. The van der Waals surface area contributed by atoms with Crippen LogP contribution in [0.1, 0.15) is 38.2 Å². The van der Waals surface area contributed by atoms with Crippen molar-refractivity contribution in [1.29, 1.82) is 0 Å². The van der Waals surface area contributed by atoms with Crippen LogP contribution in [-0.4, -0.2) is 35.6 Å². The highest BCUT2D eigenvalue weighted by atomic mass is 32.1. The van der Waals surface area contributed by atoms with Gasteiger partial charge in [0.15, 0.2) is 0 Å². The van der Waals surface area contributed by atoms with Gasteiger partial charge in [-0.05, 0) is 50.6 Å². The van der Waals surface area contributed by atoms with Crippen LogP contribution in [0.25, 0.3) is 0 Å². The summed E-state index contributed by atoms with van der Waals surface area (Å²) in [5, 5.41) is 0. The van der Waals surface area contributed by atoms with E-state index in [1.165, 1.54) is 32.2 Å². The highest BCUT2D eigenvalue weighted by molar-refractivity contribution is 7.80. The molecule has 20 heavy (non-hydrogen) atoms. The average Bonchev–Trinajstić information content (AvgIpc) is 2.65. The SMILES string of the molecule is CC1CCCCCN1CCOc1ccc(C(N)=S)cc1. The summed E-state index contributed by atoms with van der Waals surface area (Å²) in [4.78, 5) is 2.96. The van der Waals surface area contributed by atoms with Gasteiger partial charge in [-0.3, -0.25) is 4.90 Å². The monoisotopic (exact) mass is 292 g/mol. The molecule has 2 N–H and O–H groups in total. The van der Waals surface area contributed by atoms with Crippen molar-refractivity contribution in [2.24, 2.45) is 5.73 Å². The average molecular weight is 292 g/mol. The molecule has 1 aliphatic heterocycles. The van der Waals surface area contributed by atoms with Crippen LogP contribution in [0.4, 0.5) is 0 Å². The lowest BCUT2D eigenvalue weighted by atomic mass is 10.1. The molecule has 1 fully saturated rings. The van der Waals surface area contributed by atoms with Gasteiger partial charge in [0.05, 0.1) is 0 Å². The van der Waals surface area contributed by atoms with Crippen LogP contribution >= 0.6 is 12.2 Å². The van der Waals surface area contributed by atoms with Crippen LogP contribution in [-0.2, 0) is 0 Å². The summed E-state index contributed by atoms with van der Waals surface area (Å²) in [6.45, 7) is 5.25. The predicted octanol–water partition coefficient (Wildman–Crippen LogP) is 2.96. The van der Waals surface area contributed by atoms with E-state index < -0.39 is 0 Å². The van der Waals surface area contributed by atoms with Gasteiger partial charge in [-0.25, -0.2) is 0 Å². The number of ether oxygens (including phenoxy) is 1. The lowest BCUT2D eigenvalue weighted by Gasteiger charge is -2.26. The molecule has 1 atom stereocenters. The van der Waals surface area contributed by atoms with Crippen molar-refractivity contribution in [1.82, 2.24) is 4.90 Å². The zero-order chi connectivity index (χ0) is 14.4. The number of hydrogen-bond acceptors (Lipinski definition) is 3. The van der Waals surface area contributed by atoms with Gasteiger partial charge < -0.3 is 10.5 Å². The van der Waals surface area contributed by atoms with Gasteiger partial charge in [0, 0.05) is 18.2 Å². The fourth-order valence-electron chi connectivity index (χ4n) is 2.66. The molecule has 0 aliphatic carbocycles. The summed E-state index contributed by atoms with van der Waals surface area (Å²) in [6.07, 6.45) is 5.34. The Labute approximate surface area is 127 Å². The van der Waals surface area contributed by atoms with Crippen LogP contribution in [0, 0.1) is 0 Å². The molecule has 0 spiro atoms. The third-order valence-electron chi connectivity index (χ3n) is 3.98. The highest BCUT2D eigenvalue weighted by Crippen LogP contribution is 2.16. The molecule has 1 aromatic rings. The first kappa shape index (κ1) is 15.3. The number of thiocarbonyl (C=S) groups is 1. The standard InChI is InChI=1S/C16H24N2OS/c1-13-5-3-2-4-10-18(13)11-12-19-15-8-6-14(7-9-15)16(17)20/h6-9,13H,2-5,10-12H2,1H3,(H2,17,20). The van der Waals surface area contributed by atoms with E-state index in [4.69, 9.17) is 22.7 Å². The second-order valence-corrected chi connectivity index (χ2v) is 5.91. The van der Waals surface area contributed by atoms with Gasteiger partial charge in [0.1, 0.15) is 17.3 Å². The Hall–Kier alpha value is -1.13. The van der Waals surface area contributed by atoms with E-state index in [2.05, 4.69) is 11.8 Å². The Morgan fingerprint density at radius 3 is 2.75 bits per heavy atom. The minimum absolute atomic E-state index is 0.426. The lowest BCUT2D eigenvalue weighted by molar-refractivity contribution is 0.171. The maximum absolute atomic E-state index is 5.81. The molecule has 1 aliphatic rings. The molecule has 110 valence electrons. The van der Waals surface area contributed by atoms with Gasteiger partial charge in [-0.1, -0.05) is 25.1 Å². The van der Waals surface area contributed by atoms with Crippen LogP contribution < -0.4 is 10.5 Å². The van der Waals surface area contributed by atoms with Gasteiger partial charge in [-0.2, -0.15) is 0 Å².